The van der Waals surface area contributed by atoms with Crippen LogP contribution < -0.4 is 0 Å². The molecule has 0 aliphatic rings. The van der Waals surface area contributed by atoms with E-state index in [0.29, 0.717) is 10.5 Å². The van der Waals surface area contributed by atoms with E-state index < -0.39 is 14.1 Å². The van der Waals surface area contributed by atoms with Crippen LogP contribution in [0.3, 0.4) is 0 Å². The second-order valence-corrected chi connectivity index (χ2v) is 7.97. The molecule has 1 atom stereocenters. The predicted octanol–water partition coefficient (Wildman–Crippen LogP) is 2.72. The lowest BCUT2D eigenvalue weighted by atomic mass is 10.2. The Morgan fingerprint density at radius 3 is 2.79 bits per heavy atom. The average Bonchev–Trinajstić information content (AvgIpc) is 2.15. The Labute approximate surface area is 94.9 Å². The van der Waals surface area contributed by atoms with Gasteiger partial charge in [0, 0.05) is 4.90 Å². The number of hydrogen-bond acceptors (Lipinski definition) is 3. The fourth-order valence-corrected chi connectivity index (χ4v) is 2.11. The van der Waals surface area contributed by atoms with Crippen LogP contribution in [-0.4, -0.2) is 20.2 Å². The summed E-state index contributed by atoms with van der Waals surface area (Å²) in [6, 6.07) is 6.63. The number of thiol groups is 1. The highest BCUT2D eigenvalue weighted by Crippen LogP contribution is 2.60. The minimum Gasteiger partial charge on any atom is -0.465 e. The third-order valence-corrected chi connectivity index (χ3v) is 3.67. The lowest BCUT2D eigenvalue weighted by molar-refractivity contribution is 0.0600. The number of esters is 1. The van der Waals surface area contributed by atoms with Crippen molar-refractivity contribution in [3.8, 4) is 0 Å². The van der Waals surface area contributed by atoms with E-state index in [2.05, 4.69) is 16.4 Å². The lowest BCUT2D eigenvalue weighted by Crippen LogP contribution is -2.01. The Hall–Kier alpha value is -0.255. The summed E-state index contributed by atoms with van der Waals surface area (Å²) in [6.45, 7) is 0. The van der Waals surface area contributed by atoms with E-state index in [4.69, 9.17) is 17.8 Å². The number of carbonyl (C=O) groups is 1. The summed E-state index contributed by atoms with van der Waals surface area (Å²) in [5, 5.41) is 0. The Morgan fingerprint density at radius 1 is 1.64 bits per heavy atom. The van der Waals surface area contributed by atoms with Crippen LogP contribution >= 0.6 is 30.5 Å². The van der Waals surface area contributed by atoms with Gasteiger partial charge in [-0.15, -0.1) is 19.8 Å². The van der Waals surface area contributed by atoms with Crippen LogP contribution in [0.2, 0.25) is 0 Å². The highest BCUT2D eigenvalue weighted by Gasteiger charge is 2.14. The summed E-state index contributed by atoms with van der Waals surface area (Å²) in [4.78, 5) is 11.8. The molecule has 0 amide bonds. The zero-order chi connectivity index (χ0) is 10.8. The van der Waals surface area contributed by atoms with Crippen molar-refractivity contribution < 1.29 is 9.53 Å². The number of rotatable bonds is 2. The first-order valence-corrected chi connectivity index (χ1v) is 7.24. The summed E-state index contributed by atoms with van der Waals surface area (Å²) in [5.74, 6) is -0.416. The van der Waals surface area contributed by atoms with Crippen molar-refractivity contribution in [2.45, 2.75) is 4.90 Å². The minimum atomic E-state index is -2.11. The second kappa shape index (κ2) is 4.51. The number of methoxy groups -OCH3 is 1. The van der Waals surface area contributed by atoms with E-state index in [9.17, 15) is 4.79 Å². The highest BCUT2D eigenvalue weighted by molar-refractivity contribution is 9.05. The zero-order valence-electron chi connectivity index (χ0n) is 7.44. The topological polar surface area (TPSA) is 26.3 Å². The maximum Gasteiger partial charge on any atom is 0.337 e. The first kappa shape index (κ1) is 11.8. The molecule has 74 valence electrons. The maximum absolute atomic E-state index is 11.2. The van der Waals surface area contributed by atoms with E-state index in [0.717, 1.165) is 0 Å². The normalized spacial score (nSPS) is 16.8. The van der Waals surface area contributed by atoms with Gasteiger partial charge < -0.3 is 4.74 Å². The molecule has 0 heterocycles. The molecule has 0 bridgehead atoms. The van der Waals surface area contributed by atoms with Gasteiger partial charge in [0.25, 0.3) is 0 Å². The van der Waals surface area contributed by atoms with Crippen molar-refractivity contribution in [1.29, 1.82) is 0 Å². The Balaban J connectivity index is 3.08. The first-order chi connectivity index (χ1) is 6.45. The summed E-state index contributed by atoms with van der Waals surface area (Å²) >= 11 is 4.06. The molecular weight excluding hydrogens is 238 g/mol. The molecule has 0 saturated heterocycles. The molecule has 2 radical (unpaired) electrons. The van der Waals surface area contributed by atoms with Crippen molar-refractivity contribution in [2.75, 3.05) is 7.11 Å². The van der Waals surface area contributed by atoms with Gasteiger partial charge in [-0.1, -0.05) is 16.7 Å². The third kappa shape index (κ3) is 2.87. The van der Waals surface area contributed by atoms with Crippen LogP contribution in [0, 0.1) is 0 Å². The molecule has 2 nitrogen and oxygen atoms in total. The van der Waals surface area contributed by atoms with Crippen LogP contribution in [0.25, 0.3) is 0 Å². The number of halogens is 1. The number of hydrogen-bond donors (Lipinski definition) is 1. The lowest BCUT2D eigenvalue weighted by Gasteiger charge is -2.21. The summed E-state index contributed by atoms with van der Waals surface area (Å²) in [5.41, 5.74) is 0.419. The molecule has 14 heavy (non-hydrogen) atoms. The Bertz CT molecular complexity index is 351. The van der Waals surface area contributed by atoms with Crippen molar-refractivity contribution in [3.05, 3.63) is 29.8 Å². The molecule has 0 aromatic heterocycles. The largest absolute Gasteiger partial charge is 0.465 e. The monoisotopic (exact) mass is 246 g/mol. The third-order valence-electron chi connectivity index (χ3n) is 1.59. The highest BCUT2D eigenvalue weighted by atomic mass is 35.8. The molecule has 1 aromatic rings. The first-order valence-electron chi connectivity index (χ1n) is 3.66. The van der Waals surface area contributed by atoms with E-state index in [1.54, 1.807) is 24.3 Å². The molecule has 1 aromatic carbocycles. The molecule has 6 heteroatoms. The van der Waals surface area contributed by atoms with Crippen LogP contribution in [-0.2, 0) is 4.74 Å². The van der Waals surface area contributed by atoms with Crippen LogP contribution in [0.5, 0.6) is 0 Å². The van der Waals surface area contributed by atoms with Gasteiger partial charge in [0.05, 0.1) is 12.7 Å². The van der Waals surface area contributed by atoms with Gasteiger partial charge in [-0.05, 0) is 18.2 Å². The molecule has 0 N–H and O–H groups in total. The van der Waals surface area contributed by atoms with E-state index >= 15 is 0 Å². The standard InChI is InChI=1S/C8H8BClO2S2/c1-12-8(11)6-3-2-4-7(5-6)14(9,10)13/h2-5,13H,1H3. The van der Waals surface area contributed by atoms with Crippen molar-refractivity contribution in [3.63, 3.8) is 0 Å². The quantitative estimate of drug-likeness (QED) is 0.376. The predicted molar refractivity (Wildman–Crippen MR) is 64.2 cm³/mol. The van der Waals surface area contributed by atoms with Gasteiger partial charge in [0.15, 0.2) is 7.12 Å². The average molecular weight is 247 g/mol. The minimum absolute atomic E-state index is 0.416. The van der Waals surface area contributed by atoms with E-state index in [-0.39, 0.29) is 0 Å². The van der Waals surface area contributed by atoms with Gasteiger partial charge in [-0.2, -0.15) is 0 Å². The van der Waals surface area contributed by atoms with Gasteiger partial charge in [0.1, 0.15) is 0 Å². The smallest absolute Gasteiger partial charge is 0.337 e. The number of benzene rings is 1. The summed E-state index contributed by atoms with van der Waals surface area (Å²) in [6.07, 6.45) is 0. The molecule has 1 rings (SSSR count). The molecular formula is C8H8BClO2S2. The van der Waals surface area contributed by atoms with Gasteiger partial charge in [0.2, 0.25) is 0 Å². The fourth-order valence-electron chi connectivity index (χ4n) is 0.919. The van der Waals surface area contributed by atoms with Crippen LogP contribution in [0.15, 0.2) is 29.2 Å². The number of carbonyl (C=O) groups excluding carboxylic acids is 1. The molecule has 0 aliphatic heterocycles. The summed E-state index contributed by atoms with van der Waals surface area (Å²) < 4.78 is 4.57. The molecule has 0 aliphatic carbocycles. The fraction of sp³-hybridized carbons (Fsp3) is 0.125. The molecule has 0 saturated carbocycles. The van der Waals surface area contributed by atoms with Gasteiger partial charge in [-0.3, -0.25) is 0 Å². The van der Waals surface area contributed by atoms with Crippen molar-refractivity contribution in [2.24, 2.45) is 0 Å². The zero-order valence-corrected chi connectivity index (χ0v) is 9.90. The summed E-state index contributed by atoms with van der Waals surface area (Å²) in [7, 11) is 10.7. The molecule has 1 unspecified atom stereocenters. The molecule has 0 fully saturated rings. The molecule has 0 spiro atoms. The Kier molecular flexibility index (Phi) is 3.81. The SMILES string of the molecule is [B]S(S)(Cl)c1cccc(C(=O)OC)c1. The van der Waals surface area contributed by atoms with Crippen molar-refractivity contribution >= 4 is 43.6 Å². The van der Waals surface area contributed by atoms with Gasteiger partial charge >= 0.3 is 5.97 Å². The second-order valence-electron chi connectivity index (χ2n) is 2.57. The van der Waals surface area contributed by atoms with Gasteiger partial charge in [-0.25, -0.2) is 4.79 Å². The maximum atomic E-state index is 11.2. The van der Waals surface area contributed by atoms with Crippen molar-refractivity contribution in [1.82, 2.24) is 0 Å². The van der Waals surface area contributed by atoms with E-state index in [1.165, 1.54) is 7.11 Å². The van der Waals surface area contributed by atoms with Crippen LogP contribution in [0.4, 0.5) is 0 Å². The van der Waals surface area contributed by atoms with Crippen LogP contribution in [0.1, 0.15) is 10.4 Å². The van der Waals surface area contributed by atoms with E-state index in [1.807, 2.05) is 0 Å². The Morgan fingerprint density at radius 2 is 2.29 bits per heavy atom. The number of ether oxygens (including phenoxy) is 1.